The fourth-order valence-electron chi connectivity index (χ4n) is 3.18. The van der Waals surface area contributed by atoms with Crippen LogP contribution in [0.1, 0.15) is 47.2 Å². The molecule has 3 aromatic rings. The summed E-state index contributed by atoms with van der Waals surface area (Å²) in [7, 11) is 0. The Kier molecular flexibility index (Phi) is 8.59. The first-order valence-electron chi connectivity index (χ1n) is 9.19. The zero-order valence-electron chi connectivity index (χ0n) is 16.8. The van der Waals surface area contributed by atoms with Crippen LogP contribution in [0.4, 0.5) is 0 Å². The Morgan fingerprint density at radius 2 is 1.90 bits per heavy atom. The second-order valence-electron chi connectivity index (χ2n) is 6.64. The Bertz CT molecular complexity index is 1090. The first-order valence-corrected chi connectivity index (χ1v) is 9.95. The van der Waals surface area contributed by atoms with Gasteiger partial charge in [-0.15, -0.1) is 0 Å². The Morgan fingerprint density at radius 1 is 1.20 bits per heavy atom. The number of carboxylic acid groups (broad SMARTS) is 1. The quantitative estimate of drug-likeness (QED) is 0.528. The summed E-state index contributed by atoms with van der Waals surface area (Å²) in [4.78, 5) is 15.8. The van der Waals surface area contributed by atoms with Gasteiger partial charge in [-0.25, -0.2) is 4.98 Å². The summed E-state index contributed by atoms with van der Waals surface area (Å²) in [5.41, 5.74) is 2.90. The minimum atomic E-state index is -1.35. The number of rotatable bonds is 7. The summed E-state index contributed by atoms with van der Waals surface area (Å²) < 4.78 is 1.60. The number of aryl methyl sites for hydroxylation is 1. The zero-order valence-corrected chi connectivity index (χ0v) is 18.3. The molecular formula is C22H18Cl2LiN3O2. The molecule has 0 radical (unpaired) electrons. The van der Waals surface area contributed by atoms with Gasteiger partial charge in [0.05, 0.1) is 17.6 Å². The van der Waals surface area contributed by atoms with E-state index in [-0.39, 0.29) is 29.7 Å². The van der Waals surface area contributed by atoms with Gasteiger partial charge in [0.1, 0.15) is 11.5 Å². The number of hydrogen-bond donors (Lipinski definition) is 0. The van der Waals surface area contributed by atoms with Crippen molar-refractivity contribution in [1.82, 2.24) is 9.55 Å². The first-order chi connectivity index (χ1) is 13.9. The average Bonchev–Trinajstić information content (AvgIpc) is 3.02. The largest absolute Gasteiger partial charge is 1.00 e. The van der Waals surface area contributed by atoms with E-state index >= 15 is 0 Å². The zero-order chi connectivity index (χ0) is 21.0. The maximum absolute atomic E-state index is 11.6. The molecule has 0 atom stereocenters. The van der Waals surface area contributed by atoms with E-state index in [4.69, 9.17) is 23.2 Å². The molecule has 0 spiro atoms. The number of unbranched alkanes of at least 4 members (excludes halogenated alkanes) is 1. The van der Waals surface area contributed by atoms with Gasteiger partial charge in [0.2, 0.25) is 0 Å². The number of aromatic nitrogens is 2. The van der Waals surface area contributed by atoms with E-state index in [1.54, 1.807) is 22.8 Å². The summed E-state index contributed by atoms with van der Waals surface area (Å²) in [6, 6.07) is 14.8. The van der Waals surface area contributed by atoms with Crippen LogP contribution in [0.3, 0.4) is 0 Å². The van der Waals surface area contributed by atoms with Crippen molar-refractivity contribution in [1.29, 1.82) is 5.26 Å². The van der Waals surface area contributed by atoms with Crippen molar-refractivity contribution in [2.75, 3.05) is 0 Å². The molecule has 0 amide bonds. The van der Waals surface area contributed by atoms with E-state index in [2.05, 4.69) is 18.0 Å². The number of carbonyl (C=O) groups is 1. The van der Waals surface area contributed by atoms with Crippen LogP contribution in [-0.2, 0) is 13.0 Å². The molecule has 8 heteroatoms. The van der Waals surface area contributed by atoms with E-state index < -0.39 is 5.97 Å². The van der Waals surface area contributed by atoms with Gasteiger partial charge in [-0.05, 0) is 35.7 Å². The maximum Gasteiger partial charge on any atom is 1.00 e. The van der Waals surface area contributed by atoms with Crippen LogP contribution in [0.25, 0.3) is 11.1 Å². The smallest absolute Gasteiger partial charge is 0.543 e. The fraction of sp³-hybridized carbons (Fsp3) is 0.227. The topological polar surface area (TPSA) is 81.7 Å². The van der Waals surface area contributed by atoms with Crippen LogP contribution in [-0.4, -0.2) is 15.5 Å². The van der Waals surface area contributed by atoms with Gasteiger partial charge in [0.15, 0.2) is 5.15 Å². The maximum atomic E-state index is 11.6. The number of hydrogen-bond acceptors (Lipinski definition) is 4. The summed E-state index contributed by atoms with van der Waals surface area (Å²) in [6.45, 7) is 2.36. The summed E-state index contributed by atoms with van der Waals surface area (Å²) in [5, 5.41) is 21.4. The number of imidazole rings is 1. The predicted octanol–water partition coefficient (Wildman–Crippen LogP) is 1.49. The molecule has 2 aromatic carbocycles. The minimum Gasteiger partial charge on any atom is -0.543 e. The Hall–Kier alpha value is -2.21. The van der Waals surface area contributed by atoms with Gasteiger partial charge in [-0.2, -0.15) is 5.26 Å². The predicted molar refractivity (Wildman–Crippen MR) is 111 cm³/mol. The molecular weight excluding hydrogens is 416 g/mol. The van der Waals surface area contributed by atoms with Crippen molar-refractivity contribution in [3.05, 3.63) is 75.3 Å². The Morgan fingerprint density at radius 3 is 2.50 bits per heavy atom. The molecule has 0 aliphatic carbocycles. The third kappa shape index (κ3) is 5.28. The third-order valence-electron chi connectivity index (χ3n) is 4.66. The molecule has 30 heavy (non-hydrogen) atoms. The van der Waals surface area contributed by atoms with E-state index in [0.29, 0.717) is 29.4 Å². The number of aromatic carboxylic acids is 1. The van der Waals surface area contributed by atoms with Gasteiger partial charge in [0, 0.05) is 23.6 Å². The van der Waals surface area contributed by atoms with Gasteiger partial charge in [-0.3, -0.25) is 0 Å². The van der Waals surface area contributed by atoms with Gasteiger partial charge < -0.3 is 14.5 Å². The standard InChI is InChI=1S/C22H19Cl2N3O2.Li/c1-2-3-4-19-26-21(24)20(22(28)29)27(19)13-14-5-7-15(8-6-14)18-11-17(23)10-9-16(18)12-25;/h5-11H,2-4,13H2,1H3,(H,28,29);/q;+1/p-1. The number of nitrogens with zero attached hydrogens (tertiary/aromatic N) is 3. The average molecular weight is 434 g/mol. The molecule has 148 valence electrons. The molecule has 0 aliphatic rings. The molecule has 0 saturated carbocycles. The molecule has 1 aromatic heterocycles. The van der Waals surface area contributed by atoms with Crippen molar-refractivity contribution in [3.8, 4) is 17.2 Å². The van der Waals surface area contributed by atoms with Crippen LogP contribution < -0.4 is 24.0 Å². The van der Waals surface area contributed by atoms with Gasteiger partial charge in [0.25, 0.3) is 0 Å². The van der Waals surface area contributed by atoms with Gasteiger partial charge >= 0.3 is 18.9 Å². The summed E-state index contributed by atoms with van der Waals surface area (Å²) >= 11 is 12.1. The second-order valence-corrected chi connectivity index (χ2v) is 7.44. The monoisotopic (exact) mass is 433 g/mol. The van der Waals surface area contributed by atoms with Crippen molar-refractivity contribution in [2.24, 2.45) is 0 Å². The normalized spacial score (nSPS) is 10.3. The second kappa shape index (κ2) is 10.7. The van der Waals surface area contributed by atoms with E-state index in [9.17, 15) is 15.2 Å². The Balaban J connectivity index is 0.00000320. The van der Waals surface area contributed by atoms with Crippen LogP contribution >= 0.6 is 23.2 Å². The molecule has 1 heterocycles. The SMILES string of the molecule is CCCCc1nc(Cl)c(C(=O)[O-])n1Cc1ccc(-c2cc(Cl)ccc2C#N)cc1.[Li+]. The molecule has 0 unspecified atom stereocenters. The van der Waals surface area contributed by atoms with Crippen molar-refractivity contribution in [3.63, 3.8) is 0 Å². The number of benzene rings is 2. The first kappa shape index (κ1) is 24.1. The van der Waals surface area contributed by atoms with Crippen molar-refractivity contribution < 1.29 is 28.8 Å². The number of halogens is 2. The molecule has 3 rings (SSSR count). The molecule has 0 N–H and O–H groups in total. The van der Waals surface area contributed by atoms with Crippen LogP contribution in [0, 0.1) is 11.3 Å². The van der Waals surface area contributed by atoms with E-state index in [1.165, 1.54) is 0 Å². The fourth-order valence-corrected chi connectivity index (χ4v) is 3.63. The van der Waals surface area contributed by atoms with Gasteiger partial charge in [-0.1, -0.05) is 60.8 Å². The number of carbonyl (C=O) groups excluding carboxylic acids is 1. The Labute approximate surface area is 197 Å². The van der Waals surface area contributed by atoms with Crippen molar-refractivity contribution >= 4 is 29.2 Å². The number of carboxylic acids is 1. The van der Waals surface area contributed by atoms with E-state index in [1.807, 2.05) is 24.3 Å². The van der Waals surface area contributed by atoms with Crippen LogP contribution in [0.5, 0.6) is 0 Å². The minimum absolute atomic E-state index is 0. The van der Waals surface area contributed by atoms with E-state index in [0.717, 1.165) is 29.5 Å². The summed E-state index contributed by atoms with van der Waals surface area (Å²) in [6.07, 6.45) is 2.47. The molecule has 5 nitrogen and oxygen atoms in total. The molecule has 0 fully saturated rings. The molecule has 0 aliphatic heterocycles. The third-order valence-corrected chi connectivity index (χ3v) is 5.16. The molecule has 0 saturated heterocycles. The van der Waals surface area contributed by atoms with Crippen LogP contribution in [0.15, 0.2) is 42.5 Å². The van der Waals surface area contributed by atoms with Crippen molar-refractivity contribution in [2.45, 2.75) is 32.7 Å². The van der Waals surface area contributed by atoms with Crippen LogP contribution in [0.2, 0.25) is 10.2 Å². The number of nitriles is 1. The summed E-state index contributed by atoms with van der Waals surface area (Å²) in [5.74, 6) is -0.721. The molecule has 0 bridgehead atoms.